The highest BCUT2D eigenvalue weighted by Crippen LogP contribution is 2.39. The molecule has 0 bridgehead atoms. The SMILES string of the molecule is CC(C)(C)OC(=O)N1CCCCC1C1(O)CN(C(=O)c2c(Nc3ccc(Br)cc3F)c(F)c(=O)n3c2CCC3)C1.O=C(c1c(Nc2ccc(Br)cc2F)c(F)c(=O)n2c1CCC2)N1CC(O)(C2CCCCN2)C1. The number of likely N-dealkylation sites (tertiary alicyclic amines) is 3. The Morgan fingerprint density at radius 1 is 0.685 bits per heavy atom. The van der Waals surface area contributed by atoms with Crippen LogP contribution in [0.25, 0.3) is 0 Å². The number of piperidine rings is 2. The second-order valence-electron chi connectivity index (χ2n) is 20.9. The summed E-state index contributed by atoms with van der Waals surface area (Å²) in [5.74, 6) is -4.67. The van der Waals surface area contributed by atoms with Crippen LogP contribution in [0.4, 0.5) is 45.1 Å². The normalized spacial score (nSPS) is 20.7. The number of nitrogens with zero attached hydrogens (tertiary/aromatic N) is 5. The Kier molecular flexibility index (Phi) is 14.7. The number of benzene rings is 2. The third kappa shape index (κ3) is 10.3. The maximum atomic E-state index is 15.5. The zero-order valence-electron chi connectivity index (χ0n) is 40.7. The van der Waals surface area contributed by atoms with E-state index in [1.165, 1.54) is 43.2 Å². The van der Waals surface area contributed by atoms with Crippen LogP contribution in [0.5, 0.6) is 0 Å². The van der Waals surface area contributed by atoms with Gasteiger partial charge in [0.1, 0.15) is 28.4 Å². The molecule has 2 unspecified atom stereocenters. The number of aromatic nitrogens is 2. The summed E-state index contributed by atoms with van der Waals surface area (Å²) in [6.07, 6.45) is 6.52. The summed E-state index contributed by atoms with van der Waals surface area (Å²) in [7, 11) is 0. The van der Waals surface area contributed by atoms with E-state index in [4.69, 9.17) is 4.74 Å². The number of rotatable bonds is 8. The molecule has 4 aromatic rings. The summed E-state index contributed by atoms with van der Waals surface area (Å²) in [5.41, 5.74) is -4.83. The number of hydrogen-bond acceptors (Lipinski definition) is 11. The topological polar surface area (TPSA) is 191 Å². The minimum Gasteiger partial charge on any atom is -0.444 e. The zero-order chi connectivity index (χ0) is 52.3. The van der Waals surface area contributed by atoms with Gasteiger partial charge < -0.3 is 54.7 Å². The molecule has 16 nitrogen and oxygen atoms in total. The fraction of sp³-hybridized carbons (Fsp3) is 0.510. The lowest BCUT2D eigenvalue weighted by atomic mass is 9.80. The van der Waals surface area contributed by atoms with E-state index in [9.17, 15) is 43.0 Å². The fourth-order valence-corrected chi connectivity index (χ4v) is 11.7. The number of pyridine rings is 2. The van der Waals surface area contributed by atoms with Crippen LogP contribution in [-0.4, -0.2) is 120 Å². The van der Waals surface area contributed by atoms with Gasteiger partial charge in [-0.25, -0.2) is 13.6 Å². The first-order valence-corrected chi connectivity index (χ1v) is 26.3. The van der Waals surface area contributed by atoms with Gasteiger partial charge in [-0.2, -0.15) is 8.78 Å². The molecule has 6 aliphatic rings. The van der Waals surface area contributed by atoms with Crippen LogP contribution in [0.3, 0.4) is 0 Å². The van der Waals surface area contributed by atoms with E-state index in [1.54, 1.807) is 37.8 Å². The average molecular weight is 1150 g/mol. The molecule has 10 rings (SSSR count). The number of ether oxygens (including phenoxy) is 1. The van der Waals surface area contributed by atoms with E-state index in [0.717, 1.165) is 38.6 Å². The molecule has 8 heterocycles. The average Bonchev–Trinajstić information content (AvgIpc) is 4.03. The van der Waals surface area contributed by atoms with Crippen molar-refractivity contribution in [1.82, 2.24) is 29.2 Å². The molecule has 4 fully saturated rings. The fourth-order valence-electron chi connectivity index (χ4n) is 11.0. The van der Waals surface area contributed by atoms with Crippen LogP contribution in [0.2, 0.25) is 0 Å². The van der Waals surface area contributed by atoms with E-state index in [-0.39, 0.29) is 72.6 Å². The van der Waals surface area contributed by atoms with Gasteiger partial charge >= 0.3 is 6.09 Å². The highest BCUT2D eigenvalue weighted by Gasteiger charge is 2.54. The highest BCUT2D eigenvalue weighted by molar-refractivity contribution is 9.10. The smallest absolute Gasteiger partial charge is 0.410 e. The number of halogens is 6. The molecule has 0 saturated carbocycles. The Bertz CT molecular complexity index is 2980. The molecule has 392 valence electrons. The van der Waals surface area contributed by atoms with Gasteiger partial charge in [0.2, 0.25) is 11.6 Å². The molecule has 5 N–H and O–H groups in total. The lowest BCUT2D eigenvalue weighted by Gasteiger charge is -2.54. The largest absolute Gasteiger partial charge is 0.444 e. The number of amides is 3. The van der Waals surface area contributed by atoms with Gasteiger partial charge in [0.05, 0.1) is 66.1 Å². The maximum absolute atomic E-state index is 15.5. The molecule has 0 radical (unpaired) electrons. The summed E-state index contributed by atoms with van der Waals surface area (Å²) < 4.78 is 68.9. The predicted octanol–water partition coefficient (Wildman–Crippen LogP) is 7.46. The summed E-state index contributed by atoms with van der Waals surface area (Å²) in [4.78, 5) is 70.1. The van der Waals surface area contributed by atoms with E-state index in [0.29, 0.717) is 65.5 Å². The predicted molar refractivity (Wildman–Crippen MR) is 271 cm³/mol. The molecule has 4 saturated heterocycles. The van der Waals surface area contributed by atoms with Crippen LogP contribution in [0.1, 0.15) is 104 Å². The first-order chi connectivity index (χ1) is 34.6. The van der Waals surface area contributed by atoms with Crippen LogP contribution >= 0.6 is 31.9 Å². The molecule has 73 heavy (non-hydrogen) atoms. The highest BCUT2D eigenvalue weighted by atomic mass is 79.9. The summed E-state index contributed by atoms with van der Waals surface area (Å²) >= 11 is 6.36. The van der Waals surface area contributed by atoms with Gasteiger partial charge in [-0.1, -0.05) is 38.3 Å². The molecular formula is C51H58Br2F4N8O8. The summed E-state index contributed by atoms with van der Waals surface area (Å²) in [6.45, 7) is 7.26. The van der Waals surface area contributed by atoms with Crippen molar-refractivity contribution in [3.05, 3.63) is 112 Å². The minimum atomic E-state index is -1.37. The van der Waals surface area contributed by atoms with Crippen molar-refractivity contribution >= 4 is 72.5 Å². The van der Waals surface area contributed by atoms with Crippen molar-refractivity contribution in [2.24, 2.45) is 0 Å². The molecule has 2 aromatic carbocycles. The second-order valence-corrected chi connectivity index (χ2v) is 22.7. The van der Waals surface area contributed by atoms with Crippen molar-refractivity contribution in [1.29, 1.82) is 0 Å². The first kappa shape index (κ1) is 52.6. The van der Waals surface area contributed by atoms with Gasteiger partial charge in [0.25, 0.3) is 22.9 Å². The number of fused-ring (bicyclic) bond motifs is 2. The number of aliphatic hydroxyl groups is 2. The van der Waals surface area contributed by atoms with E-state index in [2.05, 4.69) is 47.8 Å². The second kappa shape index (κ2) is 20.4. The molecule has 2 atom stereocenters. The van der Waals surface area contributed by atoms with E-state index in [1.807, 2.05) is 0 Å². The van der Waals surface area contributed by atoms with Crippen molar-refractivity contribution in [2.75, 3.05) is 49.9 Å². The Morgan fingerprint density at radius 2 is 1.16 bits per heavy atom. The van der Waals surface area contributed by atoms with Gasteiger partial charge in [-0.15, -0.1) is 0 Å². The Balaban J connectivity index is 0.000000183. The number of carbonyl (C=O) groups excluding carboxylic acids is 3. The number of carbonyl (C=O) groups is 3. The van der Waals surface area contributed by atoms with Crippen molar-refractivity contribution in [2.45, 2.75) is 127 Å². The Labute approximate surface area is 435 Å². The van der Waals surface area contributed by atoms with Crippen molar-refractivity contribution in [3.63, 3.8) is 0 Å². The summed E-state index contributed by atoms with van der Waals surface area (Å²) in [6, 6.07) is 7.70. The molecule has 2 aromatic heterocycles. The lowest BCUT2D eigenvalue weighted by Crippen LogP contribution is -2.73. The molecule has 6 aliphatic heterocycles. The lowest BCUT2D eigenvalue weighted by molar-refractivity contribution is -0.137. The van der Waals surface area contributed by atoms with Crippen LogP contribution in [-0.2, 0) is 30.7 Å². The number of anilines is 4. The number of nitrogens with one attached hydrogen (secondary N) is 3. The molecule has 22 heteroatoms. The molecule has 0 spiro atoms. The van der Waals surface area contributed by atoms with Crippen molar-refractivity contribution < 1.29 is 46.9 Å². The first-order valence-electron chi connectivity index (χ1n) is 24.7. The van der Waals surface area contributed by atoms with Gasteiger partial charge in [-0.05, 0) is 122 Å². The monoisotopic (exact) mass is 1140 g/mol. The minimum absolute atomic E-state index is 0.0329. The van der Waals surface area contributed by atoms with Gasteiger partial charge in [-0.3, -0.25) is 19.2 Å². The van der Waals surface area contributed by atoms with E-state index < -0.39 is 75.1 Å². The maximum Gasteiger partial charge on any atom is 0.410 e. The summed E-state index contributed by atoms with van der Waals surface area (Å²) in [5, 5.41) is 31.2. The molecule has 0 aliphatic carbocycles. The van der Waals surface area contributed by atoms with E-state index >= 15 is 8.78 Å². The number of β-amino-alcohol motifs (C(OH)–C–C–N with tert-alkyl or cyclic N) is 2. The van der Waals surface area contributed by atoms with Gasteiger partial charge in [0, 0.05) is 46.0 Å². The quantitative estimate of drug-likeness (QED) is 0.110. The molecule has 3 amide bonds. The number of hydrogen-bond donors (Lipinski definition) is 5. The van der Waals surface area contributed by atoms with Crippen LogP contribution < -0.4 is 27.1 Å². The molecular weight excluding hydrogens is 1090 g/mol. The van der Waals surface area contributed by atoms with Gasteiger partial charge in [0.15, 0.2) is 0 Å². The van der Waals surface area contributed by atoms with Crippen molar-refractivity contribution in [3.8, 4) is 0 Å². The third-order valence-electron chi connectivity index (χ3n) is 14.6. The Morgan fingerprint density at radius 3 is 1.62 bits per heavy atom. The van der Waals surface area contributed by atoms with Crippen LogP contribution in [0.15, 0.2) is 54.9 Å². The Hall–Kier alpha value is -5.29. The standard InChI is InChI=1S/C28H33BrF2N4O5.C23H25BrF2N4O3/c1-27(2,3)40-26(38)35-11-5-4-8-20(35)28(39)14-33(15-28)24(36)21-19-7-6-12-34(19)25(37)22(31)23(21)32-18-10-9-16(29)13-17(18)30;24-13-6-7-15(14(25)10-13)28-20-18(16-4-3-9-30(16)22(32)19(20)26)21(31)29-11-23(33,12-29)17-5-1-2-8-27-17/h9-10,13,20,32,39H,4-8,11-12,14-15H2,1-3H3;6-7,10,17,27-28,33H,1-5,8-9,11-12H2. The third-order valence-corrected chi connectivity index (χ3v) is 15.6. The zero-order valence-corrected chi connectivity index (χ0v) is 43.9. The van der Waals surface area contributed by atoms with Crippen LogP contribution in [0, 0.1) is 23.3 Å².